The van der Waals surface area contributed by atoms with Gasteiger partial charge in [0, 0.05) is 16.7 Å². The van der Waals surface area contributed by atoms with E-state index in [0.29, 0.717) is 0 Å². The second kappa shape index (κ2) is 4.76. The van der Waals surface area contributed by atoms with E-state index in [4.69, 9.17) is 15.4 Å². The molecule has 1 aromatic carbocycles. The number of benzene rings is 1. The van der Waals surface area contributed by atoms with Gasteiger partial charge >= 0.3 is 0 Å². The van der Waals surface area contributed by atoms with Crippen molar-refractivity contribution in [2.45, 2.75) is 0 Å². The summed E-state index contributed by atoms with van der Waals surface area (Å²) in [4.78, 5) is 0. The van der Waals surface area contributed by atoms with Crippen LogP contribution in [0.25, 0.3) is 0 Å². The summed E-state index contributed by atoms with van der Waals surface area (Å²) in [6.45, 7) is -0.211. The average molecular weight is 257 g/mol. The molecule has 0 fully saturated rings. The summed E-state index contributed by atoms with van der Waals surface area (Å²) >= 11 is 0. The lowest BCUT2D eigenvalue weighted by Crippen LogP contribution is -2.08. The highest BCUT2D eigenvalue weighted by atomic mass is 35.7. The standard InChI is InChI=1S/C8H7ClF2O3S/c9-15(12,13)4-3-14-6-1-2-7(10)8(11)5-6/h1-2,5H,3-4H2. The van der Waals surface area contributed by atoms with Crippen LogP contribution < -0.4 is 4.74 Å². The van der Waals surface area contributed by atoms with Crippen LogP contribution in [-0.2, 0) is 9.05 Å². The van der Waals surface area contributed by atoms with E-state index in [1.54, 1.807) is 0 Å². The molecular weight excluding hydrogens is 250 g/mol. The normalized spacial score (nSPS) is 11.4. The van der Waals surface area contributed by atoms with Crippen LogP contribution in [0.2, 0.25) is 0 Å². The number of halogens is 3. The summed E-state index contributed by atoms with van der Waals surface area (Å²) in [6.07, 6.45) is 0. The summed E-state index contributed by atoms with van der Waals surface area (Å²) in [5, 5.41) is 0. The van der Waals surface area contributed by atoms with E-state index in [-0.39, 0.29) is 12.4 Å². The maximum atomic E-state index is 12.6. The van der Waals surface area contributed by atoms with E-state index in [1.165, 1.54) is 6.07 Å². The summed E-state index contributed by atoms with van der Waals surface area (Å²) in [7, 11) is 1.28. The van der Waals surface area contributed by atoms with Crippen molar-refractivity contribution >= 4 is 19.7 Å². The van der Waals surface area contributed by atoms with Gasteiger partial charge in [0.15, 0.2) is 11.6 Å². The van der Waals surface area contributed by atoms with Gasteiger partial charge in [-0.3, -0.25) is 0 Å². The Hall–Kier alpha value is -0.880. The van der Waals surface area contributed by atoms with Crippen molar-refractivity contribution < 1.29 is 21.9 Å². The van der Waals surface area contributed by atoms with Gasteiger partial charge in [-0.25, -0.2) is 17.2 Å². The maximum absolute atomic E-state index is 12.6. The van der Waals surface area contributed by atoms with E-state index in [1.807, 2.05) is 0 Å². The van der Waals surface area contributed by atoms with Crippen molar-refractivity contribution in [1.29, 1.82) is 0 Å². The second-order valence-corrected chi connectivity index (χ2v) is 5.56. The molecule has 0 amide bonds. The highest BCUT2D eigenvalue weighted by Gasteiger charge is 2.07. The van der Waals surface area contributed by atoms with Gasteiger partial charge in [0.1, 0.15) is 12.4 Å². The van der Waals surface area contributed by atoms with Crippen LogP contribution in [0.3, 0.4) is 0 Å². The molecule has 15 heavy (non-hydrogen) atoms. The first kappa shape index (κ1) is 12.2. The van der Waals surface area contributed by atoms with Crippen molar-refractivity contribution in [2.24, 2.45) is 0 Å². The predicted octanol–water partition coefficient (Wildman–Crippen LogP) is 1.91. The van der Waals surface area contributed by atoms with Crippen LogP contribution in [-0.4, -0.2) is 20.8 Å². The Balaban J connectivity index is 2.55. The molecule has 0 heterocycles. The molecule has 0 bridgehead atoms. The highest BCUT2D eigenvalue weighted by Crippen LogP contribution is 2.15. The molecule has 0 atom stereocenters. The minimum absolute atomic E-state index is 0.0502. The van der Waals surface area contributed by atoms with Gasteiger partial charge in [-0.15, -0.1) is 0 Å². The van der Waals surface area contributed by atoms with E-state index < -0.39 is 26.4 Å². The Morgan fingerprint density at radius 2 is 1.93 bits per heavy atom. The third kappa shape index (κ3) is 4.44. The van der Waals surface area contributed by atoms with E-state index in [9.17, 15) is 17.2 Å². The SMILES string of the molecule is O=S(=O)(Cl)CCOc1ccc(F)c(F)c1. The molecule has 0 N–H and O–H groups in total. The Kier molecular flexibility index (Phi) is 3.87. The van der Waals surface area contributed by atoms with Crippen LogP contribution in [0.5, 0.6) is 5.75 Å². The second-order valence-electron chi connectivity index (χ2n) is 2.67. The third-order valence-corrected chi connectivity index (χ3v) is 2.60. The van der Waals surface area contributed by atoms with Gasteiger partial charge in [-0.2, -0.15) is 0 Å². The Bertz CT molecular complexity index is 447. The largest absolute Gasteiger partial charge is 0.492 e. The molecule has 0 saturated carbocycles. The van der Waals surface area contributed by atoms with Crippen molar-refractivity contribution in [1.82, 2.24) is 0 Å². The summed E-state index contributed by atoms with van der Waals surface area (Å²) < 4.78 is 50.9. The van der Waals surface area contributed by atoms with Crippen molar-refractivity contribution in [3.63, 3.8) is 0 Å². The van der Waals surface area contributed by atoms with Crippen LogP contribution in [0.4, 0.5) is 8.78 Å². The number of hydrogen-bond donors (Lipinski definition) is 0. The highest BCUT2D eigenvalue weighted by molar-refractivity contribution is 8.13. The minimum Gasteiger partial charge on any atom is -0.492 e. The molecule has 0 spiro atoms. The van der Waals surface area contributed by atoms with E-state index >= 15 is 0 Å². The van der Waals surface area contributed by atoms with Gasteiger partial charge < -0.3 is 4.74 Å². The monoisotopic (exact) mass is 256 g/mol. The maximum Gasteiger partial charge on any atom is 0.235 e. The fraction of sp³-hybridized carbons (Fsp3) is 0.250. The van der Waals surface area contributed by atoms with Gasteiger partial charge in [-0.1, -0.05) is 0 Å². The molecule has 7 heteroatoms. The molecule has 0 radical (unpaired) electrons. The fourth-order valence-corrected chi connectivity index (χ4v) is 1.30. The molecule has 0 aliphatic heterocycles. The van der Waals surface area contributed by atoms with Crippen LogP contribution in [0.1, 0.15) is 0 Å². The first-order chi connectivity index (χ1) is 6.88. The number of rotatable bonds is 4. The van der Waals surface area contributed by atoms with Crippen molar-refractivity contribution in [3.05, 3.63) is 29.8 Å². The van der Waals surface area contributed by atoms with Gasteiger partial charge in [0.05, 0.1) is 5.75 Å². The predicted molar refractivity (Wildman–Crippen MR) is 51.5 cm³/mol. The Labute approximate surface area is 90.0 Å². The zero-order chi connectivity index (χ0) is 11.5. The molecule has 0 aromatic heterocycles. The van der Waals surface area contributed by atoms with Crippen molar-refractivity contribution in [2.75, 3.05) is 12.4 Å². The molecule has 1 aromatic rings. The summed E-state index contributed by atoms with van der Waals surface area (Å²) in [5.41, 5.74) is 0. The van der Waals surface area contributed by atoms with Gasteiger partial charge in [0.2, 0.25) is 9.05 Å². The lowest BCUT2D eigenvalue weighted by atomic mass is 10.3. The van der Waals surface area contributed by atoms with Crippen LogP contribution >= 0.6 is 10.7 Å². The zero-order valence-electron chi connectivity index (χ0n) is 7.41. The first-order valence-electron chi connectivity index (χ1n) is 3.89. The number of hydrogen-bond acceptors (Lipinski definition) is 3. The molecule has 0 saturated heterocycles. The summed E-state index contributed by atoms with van der Waals surface area (Å²) in [5.74, 6) is -2.39. The Morgan fingerprint density at radius 3 is 2.47 bits per heavy atom. The molecule has 0 aliphatic rings. The summed E-state index contributed by atoms with van der Waals surface area (Å²) in [6, 6.07) is 2.91. The van der Waals surface area contributed by atoms with Gasteiger partial charge in [0.25, 0.3) is 0 Å². The smallest absolute Gasteiger partial charge is 0.235 e. The molecule has 0 aliphatic carbocycles. The zero-order valence-corrected chi connectivity index (χ0v) is 8.99. The topological polar surface area (TPSA) is 43.4 Å². The number of ether oxygens (including phenoxy) is 1. The molecule has 1 rings (SSSR count). The van der Waals surface area contributed by atoms with Gasteiger partial charge in [-0.05, 0) is 12.1 Å². The van der Waals surface area contributed by atoms with E-state index in [0.717, 1.165) is 12.1 Å². The van der Waals surface area contributed by atoms with Crippen LogP contribution in [0.15, 0.2) is 18.2 Å². The quantitative estimate of drug-likeness (QED) is 0.773. The minimum atomic E-state index is -3.63. The fourth-order valence-electron chi connectivity index (χ4n) is 0.826. The van der Waals surface area contributed by atoms with Crippen LogP contribution in [0, 0.1) is 11.6 Å². The van der Waals surface area contributed by atoms with E-state index in [2.05, 4.69) is 0 Å². The molecular formula is C8H7ClF2O3S. The molecule has 84 valence electrons. The lowest BCUT2D eigenvalue weighted by Gasteiger charge is -2.04. The molecule has 0 unspecified atom stereocenters. The first-order valence-corrected chi connectivity index (χ1v) is 6.36. The van der Waals surface area contributed by atoms with Crippen molar-refractivity contribution in [3.8, 4) is 5.75 Å². The third-order valence-electron chi connectivity index (χ3n) is 1.49. The average Bonchev–Trinajstić information content (AvgIpc) is 2.09. The molecule has 3 nitrogen and oxygen atoms in total. The Morgan fingerprint density at radius 1 is 1.27 bits per heavy atom. The lowest BCUT2D eigenvalue weighted by molar-refractivity contribution is 0.337.